The van der Waals surface area contributed by atoms with Crippen LogP contribution in [-0.4, -0.2) is 37.1 Å². The Morgan fingerprint density at radius 1 is 1.19 bits per heavy atom. The van der Waals surface area contributed by atoms with Crippen LogP contribution in [0.1, 0.15) is 24.5 Å². The maximum atomic E-state index is 12.0. The highest BCUT2D eigenvalue weighted by Gasteiger charge is 2.06. The number of hydrogen-bond donors (Lipinski definition) is 3. The number of anilines is 1. The van der Waals surface area contributed by atoms with Crippen molar-refractivity contribution in [3.05, 3.63) is 53.7 Å². The summed E-state index contributed by atoms with van der Waals surface area (Å²) >= 11 is 0. The fourth-order valence-electron chi connectivity index (χ4n) is 2.39. The predicted molar refractivity (Wildman–Crippen MR) is 108 cm³/mol. The van der Waals surface area contributed by atoms with Crippen LogP contribution in [0.25, 0.3) is 0 Å². The quantitative estimate of drug-likeness (QED) is 0.491. The first-order valence-electron chi connectivity index (χ1n) is 9.00. The van der Waals surface area contributed by atoms with Gasteiger partial charge in [-0.1, -0.05) is 24.3 Å². The minimum atomic E-state index is -0.101. The molecule has 0 atom stereocenters. The van der Waals surface area contributed by atoms with Gasteiger partial charge >= 0.3 is 0 Å². The lowest BCUT2D eigenvalue weighted by molar-refractivity contribution is -0.116. The second-order valence-corrected chi connectivity index (χ2v) is 5.91. The van der Waals surface area contributed by atoms with Crippen LogP contribution >= 0.6 is 0 Å². The summed E-state index contributed by atoms with van der Waals surface area (Å²) in [6.45, 7) is 5.57. The van der Waals surface area contributed by atoms with Crippen LogP contribution in [0, 0.1) is 6.92 Å². The van der Waals surface area contributed by atoms with Gasteiger partial charge in [0.15, 0.2) is 5.96 Å². The number of nitrogens with one attached hydrogen (secondary N) is 3. The van der Waals surface area contributed by atoms with E-state index in [1.165, 1.54) is 0 Å². The third-order valence-electron chi connectivity index (χ3n) is 3.77. The van der Waals surface area contributed by atoms with Crippen molar-refractivity contribution >= 4 is 17.7 Å². The molecule has 0 aliphatic heterocycles. The van der Waals surface area contributed by atoms with E-state index < -0.39 is 0 Å². The number of carbonyl (C=O) groups excluding carboxylic acids is 1. The number of para-hydroxylation sites is 1. The minimum Gasteiger partial charge on any atom is -0.494 e. The van der Waals surface area contributed by atoms with Crippen LogP contribution in [0.4, 0.5) is 5.82 Å². The van der Waals surface area contributed by atoms with Crippen LogP contribution < -0.4 is 20.7 Å². The molecule has 0 saturated heterocycles. The highest BCUT2D eigenvalue weighted by Crippen LogP contribution is 2.17. The zero-order valence-electron chi connectivity index (χ0n) is 16.1. The first-order valence-corrected chi connectivity index (χ1v) is 9.00. The molecule has 1 amide bonds. The molecule has 0 fully saturated rings. The highest BCUT2D eigenvalue weighted by atomic mass is 16.5. The second-order valence-electron chi connectivity index (χ2n) is 5.91. The monoisotopic (exact) mass is 369 g/mol. The number of aliphatic imine (C=N–C) groups is 1. The predicted octanol–water partition coefficient (Wildman–Crippen LogP) is 2.48. The zero-order chi connectivity index (χ0) is 19.5. The molecule has 1 heterocycles. The Labute approximate surface area is 160 Å². The SMILES string of the molecule is CCOc1ccccc1CNC(=NC)NCCC(=O)Nc1ccc(C)cn1. The third-order valence-corrected chi connectivity index (χ3v) is 3.77. The van der Waals surface area contributed by atoms with Crippen molar-refractivity contribution in [2.75, 3.05) is 25.5 Å². The van der Waals surface area contributed by atoms with Crippen LogP contribution in [0.3, 0.4) is 0 Å². The number of hydrogen-bond acceptors (Lipinski definition) is 4. The number of aromatic nitrogens is 1. The smallest absolute Gasteiger partial charge is 0.227 e. The van der Waals surface area contributed by atoms with E-state index in [0.29, 0.717) is 37.9 Å². The second kappa shape index (κ2) is 10.8. The molecule has 0 spiro atoms. The normalized spacial score (nSPS) is 11.0. The fourth-order valence-corrected chi connectivity index (χ4v) is 2.39. The van der Waals surface area contributed by atoms with Gasteiger partial charge in [-0.3, -0.25) is 9.79 Å². The molecule has 1 aromatic carbocycles. The Morgan fingerprint density at radius 3 is 2.70 bits per heavy atom. The van der Waals surface area contributed by atoms with Gasteiger partial charge in [-0.2, -0.15) is 0 Å². The number of amides is 1. The number of nitrogens with zero attached hydrogens (tertiary/aromatic N) is 2. The summed E-state index contributed by atoms with van der Waals surface area (Å²) in [7, 11) is 1.69. The topological polar surface area (TPSA) is 87.6 Å². The molecule has 7 heteroatoms. The number of guanidine groups is 1. The van der Waals surface area contributed by atoms with Crippen molar-refractivity contribution in [2.24, 2.45) is 4.99 Å². The molecule has 0 aliphatic carbocycles. The lowest BCUT2D eigenvalue weighted by atomic mass is 10.2. The van der Waals surface area contributed by atoms with Crippen molar-refractivity contribution in [3.8, 4) is 5.75 Å². The Kier molecular flexibility index (Phi) is 8.09. The molecular formula is C20H27N5O2. The molecule has 0 bridgehead atoms. The van der Waals surface area contributed by atoms with Crippen molar-refractivity contribution in [3.63, 3.8) is 0 Å². The average Bonchev–Trinajstić information content (AvgIpc) is 2.67. The summed E-state index contributed by atoms with van der Waals surface area (Å²) in [6.07, 6.45) is 2.03. The molecule has 7 nitrogen and oxygen atoms in total. The molecule has 0 unspecified atom stereocenters. The van der Waals surface area contributed by atoms with Crippen LogP contribution in [0.2, 0.25) is 0 Å². The standard InChI is InChI=1S/C20H27N5O2/c1-4-27-17-8-6-5-7-16(17)14-24-20(21-3)22-12-11-19(26)25-18-10-9-15(2)13-23-18/h5-10,13H,4,11-12,14H2,1-3H3,(H2,21,22,24)(H,23,25,26). The Hall–Kier alpha value is -3.09. The number of rotatable bonds is 8. The Balaban J connectivity index is 1.75. The third kappa shape index (κ3) is 6.97. The molecule has 27 heavy (non-hydrogen) atoms. The summed E-state index contributed by atoms with van der Waals surface area (Å²) in [6, 6.07) is 11.6. The maximum Gasteiger partial charge on any atom is 0.227 e. The van der Waals surface area contributed by atoms with E-state index in [1.807, 2.05) is 44.2 Å². The van der Waals surface area contributed by atoms with E-state index in [0.717, 1.165) is 16.9 Å². The average molecular weight is 369 g/mol. The molecule has 144 valence electrons. The minimum absolute atomic E-state index is 0.101. The molecule has 1 aromatic heterocycles. The number of benzene rings is 1. The van der Waals surface area contributed by atoms with Crippen LogP contribution in [0.5, 0.6) is 5.75 Å². The van der Waals surface area contributed by atoms with E-state index in [1.54, 1.807) is 19.3 Å². The van der Waals surface area contributed by atoms with E-state index in [2.05, 4.69) is 25.9 Å². The van der Waals surface area contributed by atoms with Crippen molar-refractivity contribution in [1.29, 1.82) is 0 Å². The lowest BCUT2D eigenvalue weighted by Crippen LogP contribution is -2.38. The number of ether oxygens (including phenoxy) is 1. The Bertz CT molecular complexity index is 759. The fraction of sp³-hybridized carbons (Fsp3) is 0.350. The highest BCUT2D eigenvalue weighted by molar-refractivity contribution is 5.90. The van der Waals surface area contributed by atoms with Crippen LogP contribution in [0.15, 0.2) is 47.6 Å². The number of pyridine rings is 1. The molecular weight excluding hydrogens is 342 g/mol. The molecule has 2 rings (SSSR count). The molecule has 3 N–H and O–H groups in total. The van der Waals surface area contributed by atoms with Gasteiger partial charge in [0.25, 0.3) is 0 Å². The van der Waals surface area contributed by atoms with Crippen molar-refractivity contribution in [2.45, 2.75) is 26.8 Å². The van der Waals surface area contributed by atoms with Gasteiger partial charge in [-0.15, -0.1) is 0 Å². The van der Waals surface area contributed by atoms with E-state index >= 15 is 0 Å². The van der Waals surface area contributed by atoms with Crippen molar-refractivity contribution in [1.82, 2.24) is 15.6 Å². The summed E-state index contributed by atoms with van der Waals surface area (Å²) in [5.74, 6) is 1.94. The summed E-state index contributed by atoms with van der Waals surface area (Å²) in [4.78, 5) is 20.3. The van der Waals surface area contributed by atoms with Gasteiger partial charge in [0.05, 0.1) is 6.61 Å². The van der Waals surface area contributed by atoms with Gasteiger partial charge in [0.1, 0.15) is 11.6 Å². The number of carbonyl (C=O) groups is 1. The van der Waals surface area contributed by atoms with E-state index in [9.17, 15) is 4.79 Å². The molecule has 0 radical (unpaired) electrons. The zero-order valence-corrected chi connectivity index (χ0v) is 16.1. The number of aryl methyl sites for hydroxylation is 1. The molecule has 2 aromatic rings. The maximum absolute atomic E-state index is 12.0. The summed E-state index contributed by atoms with van der Waals surface area (Å²) in [5, 5.41) is 9.14. The van der Waals surface area contributed by atoms with Crippen molar-refractivity contribution < 1.29 is 9.53 Å². The largest absolute Gasteiger partial charge is 0.494 e. The lowest BCUT2D eigenvalue weighted by Gasteiger charge is -2.14. The Morgan fingerprint density at radius 2 is 2.00 bits per heavy atom. The first kappa shape index (κ1) is 20.2. The summed E-state index contributed by atoms with van der Waals surface area (Å²) < 4.78 is 5.62. The van der Waals surface area contributed by atoms with Gasteiger partial charge in [-0.25, -0.2) is 4.98 Å². The van der Waals surface area contributed by atoms with Gasteiger partial charge in [-0.05, 0) is 31.5 Å². The van der Waals surface area contributed by atoms with Gasteiger partial charge in [0, 0.05) is 38.3 Å². The molecule has 0 aliphatic rings. The van der Waals surface area contributed by atoms with E-state index in [-0.39, 0.29) is 5.91 Å². The summed E-state index contributed by atoms with van der Waals surface area (Å²) in [5.41, 5.74) is 2.10. The van der Waals surface area contributed by atoms with Gasteiger partial charge < -0.3 is 20.7 Å². The first-order chi connectivity index (χ1) is 13.1. The van der Waals surface area contributed by atoms with Gasteiger partial charge in [0.2, 0.25) is 5.91 Å². The molecule has 0 saturated carbocycles. The van der Waals surface area contributed by atoms with E-state index in [4.69, 9.17) is 4.74 Å². The van der Waals surface area contributed by atoms with Crippen LogP contribution in [-0.2, 0) is 11.3 Å².